The van der Waals surface area contributed by atoms with Crippen LogP contribution in [0.5, 0.6) is 5.88 Å². The minimum atomic E-state index is 0.127. The van der Waals surface area contributed by atoms with Gasteiger partial charge in [0.05, 0.1) is 6.20 Å². The topological polar surface area (TPSA) is 77.5 Å². The minimum absolute atomic E-state index is 0.127. The Morgan fingerprint density at radius 3 is 2.94 bits per heavy atom. The van der Waals surface area contributed by atoms with Gasteiger partial charge in [-0.1, -0.05) is 43.0 Å². The Balaban J connectivity index is 1.74. The lowest BCUT2D eigenvalue weighted by Gasteiger charge is -2.24. The predicted molar refractivity (Wildman–Crippen MR) is 130 cm³/mol. The van der Waals surface area contributed by atoms with Crippen LogP contribution in [0.4, 0.5) is 5.82 Å². The summed E-state index contributed by atoms with van der Waals surface area (Å²) in [5.41, 5.74) is 11.3. The Labute approximate surface area is 191 Å². The summed E-state index contributed by atoms with van der Waals surface area (Å²) >= 11 is 3.55. The molecule has 0 atom stereocenters. The third kappa shape index (κ3) is 4.67. The summed E-state index contributed by atoms with van der Waals surface area (Å²) in [5, 5.41) is 7.84. The smallest absolute Gasteiger partial charge is 0.234 e. The van der Waals surface area contributed by atoms with E-state index in [0.717, 1.165) is 55.5 Å². The molecule has 6 nitrogen and oxygen atoms in total. The van der Waals surface area contributed by atoms with E-state index in [9.17, 15) is 0 Å². The number of piperidine rings is 1. The summed E-state index contributed by atoms with van der Waals surface area (Å²) in [5.74, 6) is 1.00. The zero-order chi connectivity index (χ0) is 21.8. The van der Waals surface area contributed by atoms with Crippen molar-refractivity contribution in [2.24, 2.45) is 0 Å². The van der Waals surface area contributed by atoms with Gasteiger partial charge in [-0.2, -0.15) is 14.6 Å². The van der Waals surface area contributed by atoms with E-state index < -0.39 is 0 Å². The number of nitrogen functional groups attached to an aromatic ring is 1. The first-order valence-electron chi connectivity index (χ1n) is 10.7. The molecule has 2 aromatic heterocycles. The third-order valence-electron chi connectivity index (χ3n) is 5.59. The zero-order valence-electron chi connectivity index (χ0n) is 17.8. The van der Waals surface area contributed by atoms with Gasteiger partial charge in [0, 0.05) is 5.56 Å². The number of nitrogens with two attached hydrogens (primary N) is 1. The van der Waals surface area contributed by atoms with Crippen molar-refractivity contribution in [1.29, 1.82) is 0 Å². The molecule has 7 heteroatoms. The highest BCUT2D eigenvalue weighted by Gasteiger charge is 2.21. The van der Waals surface area contributed by atoms with Crippen LogP contribution in [0.3, 0.4) is 0 Å². The Bertz CT molecular complexity index is 1100. The van der Waals surface area contributed by atoms with Crippen LogP contribution in [0.25, 0.3) is 11.2 Å². The first kappa shape index (κ1) is 21.6. The molecular formula is C24H28BrN5O. The van der Waals surface area contributed by atoms with Crippen LogP contribution in [-0.4, -0.2) is 33.8 Å². The number of hydrogen-bond acceptors (Lipinski definition) is 5. The summed E-state index contributed by atoms with van der Waals surface area (Å²) in [6.07, 6.45) is 18.3. The quantitative estimate of drug-likeness (QED) is 0.587. The molecule has 31 heavy (non-hydrogen) atoms. The normalized spacial score (nSPS) is 18.0. The van der Waals surface area contributed by atoms with Gasteiger partial charge in [0.15, 0.2) is 5.65 Å². The van der Waals surface area contributed by atoms with E-state index >= 15 is 0 Å². The first-order valence-corrected chi connectivity index (χ1v) is 11.5. The fourth-order valence-electron chi connectivity index (χ4n) is 3.86. The van der Waals surface area contributed by atoms with Crippen molar-refractivity contribution < 1.29 is 4.74 Å². The maximum Gasteiger partial charge on any atom is 0.234 e. The number of nitrogens with zero attached hydrogens (tertiary/aromatic N) is 3. The number of aromatic nitrogens is 3. The molecule has 1 fully saturated rings. The molecular weight excluding hydrogens is 454 g/mol. The molecule has 0 spiro atoms. The predicted octanol–water partition coefficient (Wildman–Crippen LogP) is 5.00. The summed E-state index contributed by atoms with van der Waals surface area (Å²) in [6, 6.07) is 0. The SMILES string of the molecule is C=C(C=CC)C1=CC=C(c2cnn3c(N)c(Br)c(OC4CCNCC4)nc23)C=CCC1. The van der Waals surface area contributed by atoms with Gasteiger partial charge in [0.1, 0.15) is 16.4 Å². The monoisotopic (exact) mass is 481 g/mol. The maximum atomic E-state index is 6.37. The molecule has 1 saturated heterocycles. The van der Waals surface area contributed by atoms with Crippen LogP contribution in [0, 0.1) is 0 Å². The molecule has 0 saturated carbocycles. The van der Waals surface area contributed by atoms with Crippen LogP contribution in [0.1, 0.15) is 38.2 Å². The lowest BCUT2D eigenvalue weighted by Crippen LogP contribution is -2.34. The molecule has 162 valence electrons. The van der Waals surface area contributed by atoms with Crippen molar-refractivity contribution in [3.8, 4) is 5.88 Å². The number of anilines is 1. The van der Waals surface area contributed by atoms with E-state index in [1.807, 2.05) is 25.3 Å². The van der Waals surface area contributed by atoms with Crippen LogP contribution in [-0.2, 0) is 0 Å². The number of fused-ring (bicyclic) bond motifs is 1. The Morgan fingerprint density at radius 1 is 1.35 bits per heavy atom. The molecule has 2 aromatic rings. The van der Waals surface area contributed by atoms with Gasteiger partial charge >= 0.3 is 0 Å². The highest BCUT2D eigenvalue weighted by atomic mass is 79.9. The summed E-state index contributed by atoms with van der Waals surface area (Å²) in [7, 11) is 0. The Morgan fingerprint density at radius 2 is 2.16 bits per heavy atom. The lowest BCUT2D eigenvalue weighted by atomic mass is 9.97. The second kappa shape index (κ2) is 9.66. The average molecular weight is 482 g/mol. The van der Waals surface area contributed by atoms with Crippen molar-refractivity contribution >= 4 is 33.0 Å². The van der Waals surface area contributed by atoms with Crippen molar-refractivity contribution in [2.75, 3.05) is 18.8 Å². The lowest BCUT2D eigenvalue weighted by molar-refractivity contribution is 0.155. The Kier molecular flexibility index (Phi) is 6.73. The molecule has 3 heterocycles. The summed E-state index contributed by atoms with van der Waals surface area (Å²) in [6.45, 7) is 8.09. The number of ether oxygens (including phenoxy) is 1. The molecule has 1 aliphatic heterocycles. The van der Waals surface area contributed by atoms with Gasteiger partial charge in [-0.25, -0.2) is 0 Å². The molecule has 0 radical (unpaired) electrons. The summed E-state index contributed by atoms with van der Waals surface area (Å²) in [4.78, 5) is 4.81. The third-order valence-corrected chi connectivity index (χ3v) is 6.34. The van der Waals surface area contributed by atoms with E-state index in [1.54, 1.807) is 4.52 Å². The number of allylic oxidation sites excluding steroid dienone is 9. The van der Waals surface area contributed by atoms with E-state index in [0.29, 0.717) is 21.8 Å². The highest BCUT2D eigenvalue weighted by molar-refractivity contribution is 9.10. The van der Waals surface area contributed by atoms with Crippen molar-refractivity contribution in [2.45, 2.75) is 38.7 Å². The number of nitrogens with one attached hydrogen (secondary N) is 1. The van der Waals surface area contributed by atoms with Gasteiger partial charge in [-0.3, -0.25) is 0 Å². The molecule has 0 unspecified atom stereocenters. The second-order valence-corrected chi connectivity index (χ2v) is 8.55. The molecule has 3 N–H and O–H groups in total. The fraction of sp³-hybridized carbons (Fsp3) is 0.333. The van der Waals surface area contributed by atoms with Gasteiger partial charge < -0.3 is 15.8 Å². The fourth-order valence-corrected chi connectivity index (χ4v) is 4.21. The molecule has 2 aliphatic rings. The highest BCUT2D eigenvalue weighted by Crippen LogP contribution is 2.34. The standard InChI is InChI=1S/C24H28BrN5O/c1-3-6-16(2)17-7-4-5-8-18(10-9-17)20-15-28-30-22(26)21(25)24(29-23(20)30)31-19-11-13-27-14-12-19/h3,5-6,8-10,15,19,27H,2,4,7,11-14,26H2,1H3. The molecule has 4 rings (SSSR count). The van der Waals surface area contributed by atoms with Gasteiger partial charge in [-0.15, -0.1) is 0 Å². The molecule has 0 aromatic carbocycles. The van der Waals surface area contributed by atoms with E-state index in [4.69, 9.17) is 15.5 Å². The van der Waals surface area contributed by atoms with Crippen molar-refractivity contribution in [1.82, 2.24) is 19.9 Å². The Hall–Kier alpha value is -2.64. The van der Waals surface area contributed by atoms with Crippen LogP contribution in [0.15, 0.2) is 64.9 Å². The number of rotatable bonds is 5. The second-order valence-electron chi connectivity index (χ2n) is 7.76. The molecule has 0 amide bonds. The van der Waals surface area contributed by atoms with E-state index in [-0.39, 0.29) is 6.10 Å². The van der Waals surface area contributed by atoms with Gasteiger partial charge in [-0.05, 0) is 78.3 Å². The van der Waals surface area contributed by atoms with E-state index in [1.165, 1.54) is 5.57 Å². The molecule has 1 aliphatic carbocycles. The van der Waals surface area contributed by atoms with Gasteiger partial charge in [0.25, 0.3) is 0 Å². The van der Waals surface area contributed by atoms with Gasteiger partial charge in [0.2, 0.25) is 5.88 Å². The molecule has 0 bridgehead atoms. The van der Waals surface area contributed by atoms with Crippen LogP contribution < -0.4 is 15.8 Å². The maximum absolute atomic E-state index is 6.37. The van der Waals surface area contributed by atoms with Crippen LogP contribution >= 0.6 is 15.9 Å². The largest absolute Gasteiger partial charge is 0.473 e. The average Bonchev–Trinajstić information content (AvgIpc) is 3.16. The number of hydrogen-bond donors (Lipinski definition) is 2. The van der Waals surface area contributed by atoms with E-state index in [2.05, 4.69) is 57.2 Å². The summed E-state index contributed by atoms with van der Waals surface area (Å²) < 4.78 is 8.52. The minimum Gasteiger partial charge on any atom is -0.473 e. The zero-order valence-corrected chi connectivity index (χ0v) is 19.4. The first-order chi connectivity index (χ1) is 15.1. The van der Waals surface area contributed by atoms with Crippen LogP contribution in [0.2, 0.25) is 0 Å². The van der Waals surface area contributed by atoms with Crippen molar-refractivity contribution in [3.63, 3.8) is 0 Å². The number of halogens is 1. The van der Waals surface area contributed by atoms with Crippen molar-refractivity contribution in [3.05, 3.63) is 70.4 Å².